The van der Waals surface area contributed by atoms with Crippen LogP contribution in [0.15, 0.2) is 6.07 Å². The van der Waals surface area contributed by atoms with Gasteiger partial charge in [0.2, 0.25) is 0 Å². The normalized spacial score (nSPS) is 15.0. The van der Waals surface area contributed by atoms with E-state index in [0.29, 0.717) is 74.4 Å². The average Bonchev–Trinajstić information content (AvgIpc) is 2.68. The first-order valence-electron chi connectivity index (χ1n) is 9.65. The van der Waals surface area contributed by atoms with E-state index in [4.69, 9.17) is 33.2 Å². The molecule has 1 heterocycles. The lowest BCUT2D eigenvalue weighted by molar-refractivity contribution is -0.000246. The molecule has 0 spiro atoms. The SMILES string of the molecule is COCCOCCOCCOCc1c(OC)c(OC)cc2c1OC(C)(C)CC2=O. The minimum atomic E-state index is -0.593. The first-order valence-corrected chi connectivity index (χ1v) is 9.65. The number of ketones is 1. The molecule has 0 aliphatic carbocycles. The number of rotatable bonds is 13. The fraction of sp³-hybridized carbons (Fsp3) is 0.667. The summed E-state index contributed by atoms with van der Waals surface area (Å²) < 4.78 is 38.5. The van der Waals surface area contributed by atoms with Crippen LogP contribution in [0.3, 0.4) is 0 Å². The van der Waals surface area contributed by atoms with Gasteiger partial charge >= 0.3 is 0 Å². The van der Waals surface area contributed by atoms with Gasteiger partial charge in [0.05, 0.1) is 78.0 Å². The molecule has 2 rings (SSSR count). The zero-order valence-corrected chi connectivity index (χ0v) is 18.0. The summed E-state index contributed by atoms with van der Waals surface area (Å²) in [5.41, 5.74) is 0.556. The molecule has 1 aliphatic rings. The van der Waals surface area contributed by atoms with Gasteiger partial charge in [-0.3, -0.25) is 4.79 Å². The lowest BCUT2D eigenvalue weighted by atomic mass is 9.91. The summed E-state index contributed by atoms with van der Waals surface area (Å²) in [5, 5.41) is 0. The molecule has 164 valence electrons. The predicted molar refractivity (Wildman–Crippen MR) is 106 cm³/mol. The van der Waals surface area contributed by atoms with Crippen LogP contribution in [0.4, 0.5) is 0 Å². The number of fused-ring (bicyclic) bond motifs is 1. The summed E-state index contributed by atoms with van der Waals surface area (Å²) in [5.74, 6) is 1.49. The number of ether oxygens (including phenoxy) is 7. The molecule has 0 aromatic heterocycles. The van der Waals surface area contributed by atoms with Gasteiger partial charge in [0.1, 0.15) is 11.4 Å². The van der Waals surface area contributed by atoms with Gasteiger partial charge in [0.25, 0.3) is 0 Å². The van der Waals surface area contributed by atoms with Crippen molar-refractivity contribution in [1.29, 1.82) is 0 Å². The highest BCUT2D eigenvalue weighted by molar-refractivity contribution is 6.01. The molecule has 0 radical (unpaired) electrons. The van der Waals surface area contributed by atoms with Gasteiger partial charge in [-0.2, -0.15) is 0 Å². The summed E-state index contributed by atoms with van der Waals surface area (Å²) in [6.07, 6.45) is 0.302. The third-order valence-electron chi connectivity index (χ3n) is 4.40. The molecule has 0 bridgehead atoms. The molecule has 1 aliphatic heterocycles. The number of carbonyl (C=O) groups excluding carboxylic acids is 1. The molecule has 0 saturated heterocycles. The molecule has 0 saturated carbocycles. The van der Waals surface area contributed by atoms with E-state index in [0.717, 1.165) is 0 Å². The quantitative estimate of drug-likeness (QED) is 0.458. The largest absolute Gasteiger partial charge is 0.493 e. The summed E-state index contributed by atoms with van der Waals surface area (Å²) in [7, 11) is 4.72. The predicted octanol–water partition coefficient (Wildman–Crippen LogP) is 2.64. The van der Waals surface area contributed by atoms with Crippen molar-refractivity contribution in [2.45, 2.75) is 32.5 Å². The van der Waals surface area contributed by atoms with Crippen LogP contribution in [0.2, 0.25) is 0 Å². The second kappa shape index (κ2) is 11.3. The highest BCUT2D eigenvalue weighted by atomic mass is 16.6. The molecule has 0 unspecified atom stereocenters. The Morgan fingerprint density at radius 1 is 0.931 bits per heavy atom. The maximum atomic E-state index is 12.6. The van der Waals surface area contributed by atoms with Crippen LogP contribution in [0.1, 0.15) is 36.2 Å². The van der Waals surface area contributed by atoms with Crippen molar-refractivity contribution in [3.63, 3.8) is 0 Å². The highest BCUT2D eigenvalue weighted by Gasteiger charge is 2.36. The van der Waals surface area contributed by atoms with Gasteiger partial charge < -0.3 is 33.2 Å². The smallest absolute Gasteiger partial charge is 0.170 e. The minimum absolute atomic E-state index is 0.00950. The van der Waals surface area contributed by atoms with Crippen LogP contribution < -0.4 is 14.2 Å². The molecule has 0 fully saturated rings. The fourth-order valence-electron chi connectivity index (χ4n) is 3.06. The van der Waals surface area contributed by atoms with Gasteiger partial charge in [-0.1, -0.05) is 0 Å². The Bertz CT molecular complexity index is 671. The Hall–Kier alpha value is -1.87. The van der Waals surface area contributed by atoms with Crippen molar-refractivity contribution in [3.05, 3.63) is 17.2 Å². The van der Waals surface area contributed by atoms with E-state index in [2.05, 4.69) is 0 Å². The van der Waals surface area contributed by atoms with Crippen LogP contribution in [0.5, 0.6) is 17.2 Å². The third kappa shape index (κ3) is 6.57. The Morgan fingerprint density at radius 2 is 1.55 bits per heavy atom. The second-order valence-electron chi connectivity index (χ2n) is 7.20. The Balaban J connectivity index is 1.97. The molecule has 8 heteroatoms. The van der Waals surface area contributed by atoms with Crippen LogP contribution in [0.25, 0.3) is 0 Å². The fourth-order valence-corrected chi connectivity index (χ4v) is 3.06. The monoisotopic (exact) mass is 412 g/mol. The van der Waals surface area contributed by atoms with Crippen molar-refractivity contribution >= 4 is 5.78 Å². The lowest BCUT2D eigenvalue weighted by Gasteiger charge is -2.33. The number of carbonyl (C=O) groups is 1. The van der Waals surface area contributed by atoms with Gasteiger partial charge in [0.15, 0.2) is 17.3 Å². The summed E-state index contributed by atoms with van der Waals surface area (Å²) >= 11 is 0. The van der Waals surface area contributed by atoms with E-state index < -0.39 is 5.60 Å². The summed E-state index contributed by atoms with van der Waals surface area (Å²) in [6, 6.07) is 1.67. The zero-order chi connectivity index (χ0) is 21.3. The number of Topliss-reactive ketones (excluding diaryl/α,β-unsaturated/α-hetero) is 1. The van der Waals surface area contributed by atoms with E-state index in [1.165, 1.54) is 7.11 Å². The molecule has 8 nitrogen and oxygen atoms in total. The number of hydrogen-bond acceptors (Lipinski definition) is 8. The van der Waals surface area contributed by atoms with Crippen LogP contribution >= 0.6 is 0 Å². The average molecular weight is 412 g/mol. The molecule has 1 aromatic rings. The zero-order valence-electron chi connectivity index (χ0n) is 18.0. The van der Waals surface area contributed by atoms with Gasteiger partial charge in [0, 0.05) is 7.11 Å². The molecule has 0 atom stereocenters. The van der Waals surface area contributed by atoms with E-state index >= 15 is 0 Å². The van der Waals surface area contributed by atoms with Crippen LogP contribution in [-0.4, -0.2) is 72.4 Å². The Kier molecular flexibility index (Phi) is 9.16. The van der Waals surface area contributed by atoms with E-state index in [9.17, 15) is 4.79 Å². The van der Waals surface area contributed by atoms with Crippen LogP contribution in [-0.2, 0) is 25.6 Å². The van der Waals surface area contributed by atoms with E-state index in [1.807, 2.05) is 13.8 Å². The van der Waals surface area contributed by atoms with Gasteiger partial charge in [-0.15, -0.1) is 0 Å². The van der Waals surface area contributed by atoms with Crippen molar-refractivity contribution < 1.29 is 38.0 Å². The van der Waals surface area contributed by atoms with Crippen molar-refractivity contribution in [3.8, 4) is 17.2 Å². The molecule has 29 heavy (non-hydrogen) atoms. The molecule has 0 amide bonds. The number of benzene rings is 1. The topological polar surface area (TPSA) is 81.7 Å². The first-order chi connectivity index (χ1) is 13.9. The lowest BCUT2D eigenvalue weighted by Crippen LogP contribution is -2.36. The Labute approximate surface area is 172 Å². The molecule has 1 aromatic carbocycles. The van der Waals surface area contributed by atoms with Gasteiger partial charge in [-0.25, -0.2) is 0 Å². The second-order valence-corrected chi connectivity index (χ2v) is 7.20. The van der Waals surface area contributed by atoms with E-state index in [1.54, 1.807) is 20.3 Å². The van der Waals surface area contributed by atoms with Crippen molar-refractivity contribution in [2.75, 3.05) is 61.0 Å². The maximum absolute atomic E-state index is 12.6. The number of hydrogen-bond donors (Lipinski definition) is 0. The van der Waals surface area contributed by atoms with Gasteiger partial charge in [-0.05, 0) is 19.9 Å². The standard InChI is InChI=1S/C21H32O8/c1-21(2)13-17(22)15-12-18(24-4)20(25-5)16(19(15)29-21)14-28-11-10-27-9-8-26-7-6-23-3/h12H,6-11,13-14H2,1-5H3. The third-order valence-corrected chi connectivity index (χ3v) is 4.40. The molecular formula is C21H32O8. The van der Waals surface area contributed by atoms with E-state index in [-0.39, 0.29) is 12.4 Å². The Morgan fingerprint density at radius 3 is 2.14 bits per heavy atom. The number of methoxy groups -OCH3 is 3. The molecule has 0 N–H and O–H groups in total. The summed E-state index contributed by atoms with van der Waals surface area (Å²) in [6.45, 7) is 6.89. The summed E-state index contributed by atoms with van der Waals surface area (Å²) in [4.78, 5) is 12.6. The van der Waals surface area contributed by atoms with Crippen LogP contribution in [0, 0.1) is 0 Å². The first kappa shape index (κ1) is 23.4. The highest BCUT2D eigenvalue weighted by Crippen LogP contribution is 2.45. The van der Waals surface area contributed by atoms with Crippen molar-refractivity contribution in [2.24, 2.45) is 0 Å². The minimum Gasteiger partial charge on any atom is -0.493 e. The molecular weight excluding hydrogens is 380 g/mol. The maximum Gasteiger partial charge on any atom is 0.170 e. The van der Waals surface area contributed by atoms with Crippen molar-refractivity contribution in [1.82, 2.24) is 0 Å².